The van der Waals surface area contributed by atoms with Crippen molar-refractivity contribution >= 4 is 57.5 Å². The fourth-order valence-corrected chi connectivity index (χ4v) is 7.75. The molecule has 7 rings (SSSR count). The molecule has 2 aliphatic rings. The Morgan fingerprint density at radius 2 is 1.86 bits per heavy atom. The Labute approximate surface area is 337 Å². The first-order valence-corrected chi connectivity index (χ1v) is 18.9. The summed E-state index contributed by atoms with van der Waals surface area (Å²) < 4.78 is 40.3. The van der Waals surface area contributed by atoms with Gasteiger partial charge < -0.3 is 25.6 Å². The van der Waals surface area contributed by atoms with Gasteiger partial charge in [0.15, 0.2) is 17.3 Å². The van der Waals surface area contributed by atoms with Crippen molar-refractivity contribution in [2.75, 3.05) is 49.3 Å². The third-order valence-corrected chi connectivity index (χ3v) is 10.5. The number of benzene rings is 2. The van der Waals surface area contributed by atoms with Gasteiger partial charge in [0.25, 0.3) is 11.8 Å². The molecule has 2 atom stereocenters. The van der Waals surface area contributed by atoms with Gasteiger partial charge in [0.2, 0.25) is 11.8 Å². The van der Waals surface area contributed by atoms with Crippen molar-refractivity contribution in [2.45, 2.75) is 50.7 Å². The number of carbonyl (C=O) groups is 3. The normalized spacial score (nSPS) is 17.7. The smallest absolute Gasteiger partial charge is 0.329 e. The van der Waals surface area contributed by atoms with E-state index < -0.39 is 48.0 Å². The minimum atomic E-state index is -3.14. The van der Waals surface area contributed by atoms with Gasteiger partial charge in [-0.15, -0.1) is 10.2 Å². The number of nitrogens with zero attached hydrogens (tertiary/aromatic N) is 8. The van der Waals surface area contributed by atoms with Crippen LogP contribution in [0.15, 0.2) is 65.6 Å². The Hall–Kier alpha value is -6.94. The van der Waals surface area contributed by atoms with Crippen LogP contribution in [0.4, 0.5) is 37.5 Å². The molecule has 0 radical (unpaired) electrons. The fraction of sp³-hybridized carbons (Fsp3) is 0.350. The maximum absolute atomic E-state index is 16.1. The highest BCUT2D eigenvalue weighted by Crippen LogP contribution is 2.37. The van der Waals surface area contributed by atoms with Crippen LogP contribution in [0.2, 0.25) is 0 Å². The van der Waals surface area contributed by atoms with E-state index >= 15 is 8.78 Å². The van der Waals surface area contributed by atoms with Gasteiger partial charge >= 0.3 is 5.69 Å². The molecule has 306 valence electrons. The molecule has 4 N–H and O–H groups in total. The Kier molecular flexibility index (Phi) is 11.3. The van der Waals surface area contributed by atoms with E-state index in [-0.39, 0.29) is 43.9 Å². The molecule has 0 aliphatic carbocycles. The Morgan fingerprint density at radius 1 is 1.07 bits per heavy atom. The number of anilines is 5. The third kappa shape index (κ3) is 7.98. The zero-order valence-corrected chi connectivity index (χ0v) is 32.8. The molecule has 0 spiro atoms. The van der Waals surface area contributed by atoms with Crippen LogP contribution >= 0.6 is 0 Å². The van der Waals surface area contributed by atoms with Crippen LogP contribution in [-0.2, 0) is 23.2 Å². The van der Waals surface area contributed by atoms with Crippen molar-refractivity contribution in [3.63, 3.8) is 0 Å². The monoisotopic (exact) mass is 808 g/mol. The number of methoxy groups -OCH3 is 1. The number of rotatable bonds is 12. The number of ether oxygens (including phenoxy) is 1. The summed E-state index contributed by atoms with van der Waals surface area (Å²) in [6.45, 7) is 2.02. The van der Waals surface area contributed by atoms with Crippen molar-refractivity contribution < 1.29 is 27.9 Å². The quantitative estimate of drug-likeness (QED) is 0.132. The number of aromatic nitrogens is 5. The second kappa shape index (κ2) is 16.5. The molecule has 2 unspecified atom stereocenters. The number of hydrogen-bond acceptors (Lipinski definition) is 13. The number of fused-ring (bicyclic) bond motifs is 1. The number of pyridine rings is 1. The fourth-order valence-electron chi connectivity index (χ4n) is 7.75. The zero-order valence-electron chi connectivity index (χ0n) is 32.8. The Bertz CT molecular complexity index is 2530. The summed E-state index contributed by atoms with van der Waals surface area (Å²) in [6, 6.07) is 15.2. The minimum absolute atomic E-state index is 0.0160. The summed E-state index contributed by atoms with van der Waals surface area (Å²) >= 11 is 0. The van der Waals surface area contributed by atoms with E-state index in [4.69, 9.17) is 4.74 Å². The van der Waals surface area contributed by atoms with Gasteiger partial charge in [-0.2, -0.15) is 5.26 Å². The molecule has 17 nitrogen and oxygen atoms in total. The van der Waals surface area contributed by atoms with E-state index in [2.05, 4.69) is 42.5 Å². The number of alkyl halides is 2. The second-order valence-corrected chi connectivity index (χ2v) is 14.4. The molecule has 2 aliphatic heterocycles. The molecular weight excluding hydrogens is 767 g/mol. The van der Waals surface area contributed by atoms with Crippen molar-refractivity contribution in [1.82, 2.24) is 39.8 Å². The van der Waals surface area contributed by atoms with Crippen LogP contribution in [0.3, 0.4) is 0 Å². The van der Waals surface area contributed by atoms with Gasteiger partial charge in [-0.3, -0.25) is 33.7 Å². The van der Waals surface area contributed by atoms with E-state index in [1.54, 1.807) is 91.6 Å². The van der Waals surface area contributed by atoms with Crippen LogP contribution in [0.1, 0.15) is 53.8 Å². The summed E-state index contributed by atoms with van der Waals surface area (Å²) in [7, 11) is 4.63. The first-order chi connectivity index (χ1) is 28.3. The molecule has 5 heterocycles. The number of imide groups is 1. The van der Waals surface area contributed by atoms with Crippen LogP contribution in [-0.4, -0.2) is 92.7 Å². The number of nitrogens with one attached hydrogen (secondary N) is 4. The Balaban J connectivity index is 1.04. The average molecular weight is 809 g/mol. The number of hydrogen-bond donors (Lipinski definition) is 4. The number of aryl methyl sites for hydroxylation is 1. The maximum Gasteiger partial charge on any atom is 0.329 e. The number of piperidine rings is 2. The SMILES string of the molecule is CCNC(=O)c1nnc(Nc2ccc(CN(C)C3CCN(c4cccc5c4n(C)c(=O)n5C4CCC(=O)NC4=O)CC3(F)F)cn2)cc1Nc1cccc(C#N)c1OC. The van der Waals surface area contributed by atoms with E-state index in [0.717, 1.165) is 0 Å². The molecule has 0 saturated carbocycles. The molecular formula is C40H42F2N12O5. The van der Waals surface area contributed by atoms with Crippen molar-refractivity contribution in [3.8, 4) is 11.8 Å². The van der Waals surface area contributed by atoms with Crippen LogP contribution < -0.4 is 36.6 Å². The predicted molar refractivity (Wildman–Crippen MR) is 214 cm³/mol. The van der Waals surface area contributed by atoms with E-state index in [0.29, 0.717) is 57.3 Å². The van der Waals surface area contributed by atoms with Crippen molar-refractivity contribution in [3.05, 3.63) is 88.1 Å². The zero-order chi connectivity index (χ0) is 42.0. The minimum Gasteiger partial charge on any atom is -0.493 e. The highest BCUT2D eigenvalue weighted by atomic mass is 19.3. The lowest BCUT2D eigenvalue weighted by atomic mass is 9.98. The van der Waals surface area contributed by atoms with Gasteiger partial charge in [0.1, 0.15) is 17.9 Å². The third-order valence-electron chi connectivity index (χ3n) is 10.5. The molecule has 2 aromatic carbocycles. The number of halogens is 2. The van der Waals surface area contributed by atoms with Gasteiger partial charge in [-0.1, -0.05) is 18.2 Å². The summed E-state index contributed by atoms with van der Waals surface area (Å²) in [4.78, 5) is 58.4. The van der Waals surface area contributed by atoms with Crippen LogP contribution in [0, 0.1) is 11.3 Å². The highest BCUT2D eigenvalue weighted by Gasteiger charge is 2.47. The van der Waals surface area contributed by atoms with Gasteiger partial charge in [0.05, 0.1) is 53.4 Å². The molecule has 0 bridgehead atoms. The molecule has 5 aromatic rings. The molecule has 2 saturated heterocycles. The molecule has 3 amide bonds. The number of amides is 3. The van der Waals surface area contributed by atoms with Gasteiger partial charge in [0, 0.05) is 45.4 Å². The van der Waals surface area contributed by atoms with Crippen molar-refractivity contribution in [2.24, 2.45) is 7.05 Å². The average Bonchev–Trinajstić information content (AvgIpc) is 3.46. The predicted octanol–water partition coefficient (Wildman–Crippen LogP) is 3.97. The lowest BCUT2D eigenvalue weighted by molar-refractivity contribution is -0.135. The largest absolute Gasteiger partial charge is 0.493 e. The standard InChI is InChI=1S/C40H42F2N12O5/c1-5-44-38(57)34-26(46-25-9-6-8-24(19-43)36(25)59-4)18-32(49-50-34)47-31-14-12-23(20-45-31)21-51(2)30-16-17-53(22-40(30,41)42)27-10-7-11-28-35(27)52(3)39(58)54(28)29-13-15-33(55)48-37(29)56/h6-12,14,18,20,29-30H,5,13,15-17,21-22H2,1-4H3,(H,44,57)(H,48,55,56)(H2,45,46,47,49). The molecule has 2 fully saturated rings. The van der Waals surface area contributed by atoms with E-state index in [1.807, 2.05) is 0 Å². The number of nitriles is 1. The lowest BCUT2D eigenvalue weighted by Crippen LogP contribution is -2.57. The molecule has 59 heavy (non-hydrogen) atoms. The van der Waals surface area contributed by atoms with Crippen molar-refractivity contribution in [1.29, 1.82) is 5.26 Å². The second-order valence-electron chi connectivity index (χ2n) is 14.4. The summed E-state index contributed by atoms with van der Waals surface area (Å²) in [5.41, 5.74) is 2.58. The first kappa shape index (κ1) is 40.3. The summed E-state index contributed by atoms with van der Waals surface area (Å²) in [5.74, 6) is -3.64. The molecule has 19 heteroatoms. The number of carbonyl (C=O) groups excluding carboxylic acids is 3. The van der Waals surface area contributed by atoms with Gasteiger partial charge in [-0.25, -0.2) is 18.6 Å². The lowest BCUT2D eigenvalue weighted by Gasteiger charge is -2.43. The van der Waals surface area contributed by atoms with Crippen LogP contribution in [0.5, 0.6) is 5.75 Å². The number of imidazole rings is 1. The van der Waals surface area contributed by atoms with E-state index in [9.17, 15) is 24.4 Å². The molecule has 3 aromatic heterocycles. The van der Waals surface area contributed by atoms with Crippen LogP contribution in [0.25, 0.3) is 11.0 Å². The maximum atomic E-state index is 16.1. The highest BCUT2D eigenvalue weighted by molar-refractivity contribution is 6.01. The first-order valence-electron chi connectivity index (χ1n) is 18.9. The topological polar surface area (TPSA) is 204 Å². The number of para-hydroxylation sites is 2. The Morgan fingerprint density at radius 3 is 2.56 bits per heavy atom. The summed E-state index contributed by atoms with van der Waals surface area (Å²) in [6.07, 6.45) is 1.96. The van der Waals surface area contributed by atoms with E-state index in [1.165, 1.54) is 16.2 Å². The van der Waals surface area contributed by atoms with Gasteiger partial charge in [-0.05, 0) is 62.7 Å². The summed E-state index contributed by atoms with van der Waals surface area (Å²) in [5, 5.41) is 29.0.